The Labute approximate surface area is 193 Å². The molecule has 0 bridgehead atoms. The Kier molecular flexibility index (Phi) is 6.87. The number of hydrogen-bond acceptors (Lipinski definition) is 7. The van der Waals surface area contributed by atoms with E-state index in [9.17, 15) is 9.59 Å². The first-order chi connectivity index (χ1) is 15.6. The smallest absolute Gasteiger partial charge is 0.275 e. The zero-order chi connectivity index (χ0) is 22.5. The van der Waals surface area contributed by atoms with Gasteiger partial charge in [0.15, 0.2) is 0 Å². The van der Waals surface area contributed by atoms with E-state index >= 15 is 0 Å². The van der Waals surface area contributed by atoms with Crippen LogP contribution in [-0.4, -0.2) is 27.6 Å². The number of ether oxygens (including phenoxy) is 1. The first kappa shape index (κ1) is 22.0. The molecule has 4 aromatic rings. The minimum absolute atomic E-state index is 0.176. The van der Waals surface area contributed by atoms with Crippen molar-refractivity contribution in [3.63, 3.8) is 0 Å². The van der Waals surface area contributed by atoms with Gasteiger partial charge in [0.2, 0.25) is 4.96 Å². The van der Waals surface area contributed by atoms with Crippen molar-refractivity contribution < 1.29 is 9.53 Å². The maximum atomic E-state index is 12.7. The minimum atomic E-state index is -0.202. The number of rotatable bonds is 8. The Morgan fingerprint density at radius 3 is 2.72 bits per heavy atom. The second-order valence-corrected chi connectivity index (χ2v) is 9.05. The van der Waals surface area contributed by atoms with E-state index in [1.54, 1.807) is 31.4 Å². The van der Waals surface area contributed by atoms with Gasteiger partial charge in [-0.25, -0.2) is 4.98 Å². The maximum Gasteiger partial charge on any atom is 0.275 e. The molecule has 0 unspecified atom stereocenters. The van der Waals surface area contributed by atoms with Crippen LogP contribution in [0.25, 0.3) is 4.96 Å². The van der Waals surface area contributed by atoms with Crippen molar-refractivity contribution in [3.8, 4) is 5.75 Å². The number of para-hydroxylation sites is 1. The highest BCUT2D eigenvalue weighted by molar-refractivity contribution is 7.98. The van der Waals surface area contributed by atoms with Crippen LogP contribution in [0.2, 0.25) is 0 Å². The summed E-state index contributed by atoms with van der Waals surface area (Å²) in [6.07, 6.45) is 1.80. The highest BCUT2D eigenvalue weighted by Crippen LogP contribution is 2.30. The number of amides is 1. The van der Waals surface area contributed by atoms with Gasteiger partial charge in [-0.05, 0) is 42.8 Å². The van der Waals surface area contributed by atoms with E-state index in [0.717, 1.165) is 22.7 Å². The minimum Gasteiger partial charge on any atom is -0.497 e. The summed E-state index contributed by atoms with van der Waals surface area (Å²) in [6.45, 7) is 2.08. The highest BCUT2D eigenvalue weighted by Gasteiger charge is 2.12. The van der Waals surface area contributed by atoms with Crippen molar-refractivity contribution in [1.82, 2.24) is 14.6 Å². The third-order valence-corrected chi connectivity index (χ3v) is 6.74. The Morgan fingerprint density at radius 1 is 1.19 bits per heavy atom. The fraction of sp³-hybridized carbons (Fsp3) is 0.217. The van der Waals surface area contributed by atoms with Crippen LogP contribution in [0.15, 0.2) is 64.3 Å². The zero-order valence-corrected chi connectivity index (χ0v) is 19.3. The summed E-state index contributed by atoms with van der Waals surface area (Å²) in [5.74, 6) is 0.995. The van der Waals surface area contributed by atoms with Gasteiger partial charge in [-0.1, -0.05) is 30.4 Å². The molecule has 32 heavy (non-hydrogen) atoms. The van der Waals surface area contributed by atoms with Crippen LogP contribution in [0.3, 0.4) is 0 Å². The number of nitrogens with zero attached hydrogens (tertiary/aromatic N) is 3. The lowest BCUT2D eigenvalue weighted by Crippen LogP contribution is -2.15. The molecule has 0 spiro atoms. The number of anilines is 1. The summed E-state index contributed by atoms with van der Waals surface area (Å²) in [4.78, 5) is 31.2. The Morgan fingerprint density at radius 2 is 1.97 bits per heavy atom. The standard InChI is InChI=1S/C23H22N4O3S2/c1-3-6-20-26-27-21(28)13-16(24-23(27)32-20)14-31-19-8-5-4-7-18(19)25-22(29)15-9-11-17(30-2)12-10-15/h4-5,7-13H,3,6,14H2,1-2H3,(H,25,29). The summed E-state index contributed by atoms with van der Waals surface area (Å²) in [5.41, 5.74) is 1.76. The molecule has 0 aliphatic carbocycles. The molecule has 1 amide bonds. The molecular weight excluding hydrogens is 444 g/mol. The van der Waals surface area contributed by atoms with Gasteiger partial charge in [-0.3, -0.25) is 9.59 Å². The lowest BCUT2D eigenvalue weighted by atomic mass is 10.2. The van der Waals surface area contributed by atoms with E-state index in [4.69, 9.17) is 4.74 Å². The summed E-state index contributed by atoms with van der Waals surface area (Å²) in [5, 5.41) is 8.22. The normalized spacial score (nSPS) is 10.9. The van der Waals surface area contributed by atoms with Crippen molar-refractivity contribution in [2.45, 2.75) is 30.4 Å². The van der Waals surface area contributed by atoms with Gasteiger partial charge in [0.1, 0.15) is 10.8 Å². The van der Waals surface area contributed by atoms with Gasteiger partial charge in [0, 0.05) is 28.7 Å². The molecule has 0 atom stereocenters. The molecule has 164 valence electrons. The second kappa shape index (κ2) is 9.97. The number of benzene rings is 2. The number of aryl methyl sites for hydroxylation is 1. The van der Waals surface area contributed by atoms with Crippen molar-refractivity contribution in [2.24, 2.45) is 0 Å². The van der Waals surface area contributed by atoms with E-state index in [1.165, 1.54) is 33.7 Å². The highest BCUT2D eigenvalue weighted by atomic mass is 32.2. The molecule has 0 aliphatic rings. The van der Waals surface area contributed by atoms with Crippen LogP contribution >= 0.6 is 23.1 Å². The van der Waals surface area contributed by atoms with Gasteiger partial charge in [0.05, 0.1) is 18.5 Å². The monoisotopic (exact) mass is 466 g/mol. The topological polar surface area (TPSA) is 85.6 Å². The number of aromatic nitrogens is 3. The van der Waals surface area contributed by atoms with Gasteiger partial charge in [-0.15, -0.1) is 11.8 Å². The molecule has 2 aromatic carbocycles. The molecule has 0 aliphatic heterocycles. The molecule has 2 aromatic heterocycles. The van der Waals surface area contributed by atoms with Crippen LogP contribution < -0.4 is 15.6 Å². The molecule has 0 radical (unpaired) electrons. The summed E-state index contributed by atoms with van der Waals surface area (Å²) in [6, 6.07) is 16.0. The van der Waals surface area contributed by atoms with Crippen LogP contribution in [-0.2, 0) is 12.2 Å². The predicted octanol–water partition coefficient (Wildman–Crippen LogP) is 4.66. The van der Waals surface area contributed by atoms with Gasteiger partial charge in [0.25, 0.3) is 11.5 Å². The Balaban J connectivity index is 1.49. The molecule has 9 heteroatoms. The van der Waals surface area contributed by atoms with Crippen molar-refractivity contribution in [3.05, 3.63) is 81.2 Å². The summed E-state index contributed by atoms with van der Waals surface area (Å²) >= 11 is 2.97. The molecule has 0 fully saturated rings. The third-order valence-electron chi connectivity index (χ3n) is 4.67. The average Bonchev–Trinajstić information content (AvgIpc) is 3.22. The number of thioether (sulfide) groups is 1. The molecule has 0 saturated heterocycles. The van der Waals surface area contributed by atoms with Gasteiger partial charge < -0.3 is 10.1 Å². The van der Waals surface area contributed by atoms with Crippen LogP contribution in [0.5, 0.6) is 5.75 Å². The first-order valence-corrected chi connectivity index (χ1v) is 11.9. The molecule has 1 N–H and O–H groups in total. The largest absolute Gasteiger partial charge is 0.497 e. The van der Waals surface area contributed by atoms with Crippen LogP contribution in [0.4, 0.5) is 5.69 Å². The number of fused-ring (bicyclic) bond motifs is 1. The second-order valence-electron chi connectivity index (χ2n) is 6.99. The van der Waals surface area contributed by atoms with E-state index in [0.29, 0.717) is 33.4 Å². The SMILES string of the molecule is CCCc1nn2c(=O)cc(CSc3ccccc3NC(=O)c3ccc(OC)cc3)nc2s1. The van der Waals surface area contributed by atoms with E-state index < -0.39 is 0 Å². The van der Waals surface area contributed by atoms with Crippen molar-refractivity contribution in [1.29, 1.82) is 0 Å². The third kappa shape index (κ3) is 5.00. The summed E-state index contributed by atoms with van der Waals surface area (Å²) in [7, 11) is 1.59. The van der Waals surface area contributed by atoms with E-state index in [2.05, 4.69) is 22.3 Å². The quantitative estimate of drug-likeness (QED) is 0.380. The molecule has 0 saturated carbocycles. The first-order valence-electron chi connectivity index (χ1n) is 10.1. The predicted molar refractivity (Wildman–Crippen MR) is 128 cm³/mol. The van der Waals surface area contributed by atoms with Crippen LogP contribution in [0.1, 0.15) is 34.4 Å². The van der Waals surface area contributed by atoms with Crippen LogP contribution in [0, 0.1) is 0 Å². The maximum absolute atomic E-state index is 12.7. The fourth-order valence-corrected chi connectivity index (χ4v) is 4.99. The van der Waals surface area contributed by atoms with Gasteiger partial charge >= 0.3 is 0 Å². The number of nitrogens with one attached hydrogen (secondary N) is 1. The molecular formula is C23H22N4O3S2. The average molecular weight is 467 g/mol. The number of methoxy groups -OCH3 is 1. The molecule has 7 nitrogen and oxygen atoms in total. The molecule has 4 rings (SSSR count). The number of hydrogen-bond donors (Lipinski definition) is 1. The lowest BCUT2D eigenvalue weighted by molar-refractivity contribution is 0.102. The van der Waals surface area contributed by atoms with Crippen molar-refractivity contribution >= 4 is 39.7 Å². The lowest BCUT2D eigenvalue weighted by Gasteiger charge is -2.11. The van der Waals surface area contributed by atoms with Gasteiger partial charge in [-0.2, -0.15) is 9.61 Å². The van der Waals surface area contributed by atoms with E-state index in [1.807, 2.05) is 24.3 Å². The van der Waals surface area contributed by atoms with Crippen molar-refractivity contribution in [2.75, 3.05) is 12.4 Å². The Bertz CT molecular complexity index is 1300. The Hall–Kier alpha value is -3.17. The molecule has 2 heterocycles. The number of carbonyl (C=O) groups excluding carboxylic acids is 1. The summed E-state index contributed by atoms with van der Waals surface area (Å²) < 4.78 is 6.51. The zero-order valence-electron chi connectivity index (χ0n) is 17.7. The van der Waals surface area contributed by atoms with E-state index in [-0.39, 0.29) is 11.5 Å². The fourth-order valence-electron chi connectivity index (χ4n) is 3.07. The number of carbonyl (C=O) groups is 1.